The maximum absolute atomic E-state index is 10.4. The Kier molecular flexibility index (Phi) is 6.46. The van der Waals surface area contributed by atoms with Crippen molar-refractivity contribution in [2.45, 2.75) is 58.5 Å². The molecule has 0 amide bonds. The van der Waals surface area contributed by atoms with E-state index in [1.54, 1.807) is 0 Å². The molecule has 0 unspecified atom stereocenters. The summed E-state index contributed by atoms with van der Waals surface area (Å²) in [7, 11) is 0. The van der Waals surface area contributed by atoms with Gasteiger partial charge in [0.25, 0.3) is 0 Å². The molecular weight excluding hydrogens is 286 g/mol. The maximum atomic E-state index is 10.4. The van der Waals surface area contributed by atoms with Crippen molar-refractivity contribution in [3.63, 3.8) is 0 Å². The highest BCUT2D eigenvalue weighted by atomic mass is 16.3. The van der Waals surface area contributed by atoms with E-state index >= 15 is 0 Å². The Morgan fingerprint density at radius 2 is 1.78 bits per heavy atom. The summed E-state index contributed by atoms with van der Waals surface area (Å²) >= 11 is 0. The lowest BCUT2D eigenvalue weighted by atomic mass is 10.0. The first-order valence-electron chi connectivity index (χ1n) is 8.82. The van der Waals surface area contributed by atoms with Crippen LogP contribution in [-0.4, -0.2) is 36.3 Å². The molecule has 128 valence electrons. The highest BCUT2D eigenvalue weighted by Gasteiger charge is 2.30. The van der Waals surface area contributed by atoms with E-state index in [0.717, 1.165) is 51.2 Å². The van der Waals surface area contributed by atoms with Crippen LogP contribution in [0.2, 0.25) is 0 Å². The molecule has 1 saturated carbocycles. The summed E-state index contributed by atoms with van der Waals surface area (Å²) in [4.78, 5) is 4.58. The molecule has 0 saturated heterocycles. The van der Waals surface area contributed by atoms with Crippen LogP contribution in [0.3, 0.4) is 0 Å². The van der Waals surface area contributed by atoms with Crippen LogP contribution in [0.1, 0.15) is 49.3 Å². The van der Waals surface area contributed by atoms with Crippen LogP contribution in [0.15, 0.2) is 23.2 Å². The van der Waals surface area contributed by atoms with E-state index in [0.29, 0.717) is 6.54 Å². The molecular formula is C19H31N3O. The fourth-order valence-electron chi connectivity index (χ4n) is 3.30. The predicted octanol–water partition coefficient (Wildman–Crippen LogP) is 2.71. The number of aliphatic imine (C=N–C) groups is 1. The van der Waals surface area contributed by atoms with Gasteiger partial charge in [0, 0.05) is 13.1 Å². The monoisotopic (exact) mass is 317 g/mol. The lowest BCUT2D eigenvalue weighted by Crippen LogP contribution is -2.40. The SMILES string of the molecule is CCNC(=NCC1(O)CCCC1)NCCc1cc(C)cc(C)c1. The molecule has 0 aromatic heterocycles. The first-order valence-corrected chi connectivity index (χ1v) is 8.82. The molecule has 0 radical (unpaired) electrons. The quantitative estimate of drug-likeness (QED) is 0.558. The third-order valence-corrected chi connectivity index (χ3v) is 4.40. The van der Waals surface area contributed by atoms with E-state index in [4.69, 9.17) is 0 Å². The average molecular weight is 317 g/mol. The molecule has 1 aromatic carbocycles. The Morgan fingerprint density at radius 3 is 2.39 bits per heavy atom. The van der Waals surface area contributed by atoms with Gasteiger partial charge >= 0.3 is 0 Å². The lowest BCUT2D eigenvalue weighted by molar-refractivity contribution is 0.0574. The second-order valence-electron chi connectivity index (χ2n) is 6.80. The van der Waals surface area contributed by atoms with Gasteiger partial charge in [0.05, 0.1) is 12.1 Å². The summed E-state index contributed by atoms with van der Waals surface area (Å²) in [5, 5.41) is 17.0. The Morgan fingerprint density at radius 1 is 1.13 bits per heavy atom. The van der Waals surface area contributed by atoms with Crippen LogP contribution in [0.4, 0.5) is 0 Å². The van der Waals surface area contributed by atoms with Crippen LogP contribution >= 0.6 is 0 Å². The number of hydrogen-bond donors (Lipinski definition) is 3. The summed E-state index contributed by atoms with van der Waals surface area (Å²) in [5.41, 5.74) is 3.38. The first-order chi connectivity index (χ1) is 11.0. The van der Waals surface area contributed by atoms with Crippen molar-refractivity contribution in [2.75, 3.05) is 19.6 Å². The number of rotatable bonds is 6. The summed E-state index contributed by atoms with van der Waals surface area (Å²) in [6.45, 7) is 8.49. The molecule has 0 aliphatic heterocycles. The van der Waals surface area contributed by atoms with Crippen molar-refractivity contribution in [3.05, 3.63) is 34.9 Å². The van der Waals surface area contributed by atoms with E-state index in [-0.39, 0.29) is 0 Å². The van der Waals surface area contributed by atoms with Gasteiger partial charge in [0.2, 0.25) is 0 Å². The number of nitrogens with zero attached hydrogens (tertiary/aromatic N) is 1. The zero-order chi connectivity index (χ0) is 16.7. The molecule has 23 heavy (non-hydrogen) atoms. The van der Waals surface area contributed by atoms with Crippen LogP contribution in [0, 0.1) is 13.8 Å². The van der Waals surface area contributed by atoms with Crippen molar-refractivity contribution in [1.29, 1.82) is 0 Å². The third kappa shape index (κ3) is 5.87. The lowest BCUT2D eigenvalue weighted by Gasteiger charge is -2.20. The molecule has 1 aliphatic rings. The summed E-state index contributed by atoms with van der Waals surface area (Å²) in [6.07, 6.45) is 4.94. The largest absolute Gasteiger partial charge is 0.388 e. The van der Waals surface area contributed by atoms with E-state index in [9.17, 15) is 5.11 Å². The number of nitrogens with one attached hydrogen (secondary N) is 2. The number of aliphatic hydroxyl groups is 1. The highest BCUT2D eigenvalue weighted by Crippen LogP contribution is 2.29. The second kappa shape index (κ2) is 8.34. The van der Waals surface area contributed by atoms with Gasteiger partial charge in [-0.3, -0.25) is 4.99 Å². The first kappa shape index (κ1) is 17.8. The van der Waals surface area contributed by atoms with Crippen molar-refractivity contribution >= 4 is 5.96 Å². The third-order valence-electron chi connectivity index (χ3n) is 4.40. The Labute approximate surface area is 140 Å². The molecule has 0 heterocycles. The van der Waals surface area contributed by atoms with Crippen molar-refractivity contribution in [1.82, 2.24) is 10.6 Å². The number of guanidine groups is 1. The molecule has 2 rings (SSSR count). The molecule has 4 heteroatoms. The summed E-state index contributed by atoms with van der Waals surface area (Å²) < 4.78 is 0. The minimum atomic E-state index is -0.587. The number of aryl methyl sites for hydroxylation is 2. The Hall–Kier alpha value is -1.55. The van der Waals surface area contributed by atoms with Gasteiger partial charge in [-0.05, 0) is 45.6 Å². The van der Waals surface area contributed by atoms with Crippen LogP contribution < -0.4 is 10.6 Å². The maximum Gasteiger partial charge on any atom is 0.191 e. The van der Waals surface area contributed by atoms with Crippen molar-refractivity contribution in [3.8, 4) is 0 Å². The van der Waals surface area contributed by atoms with E-state index in [1.165, 1.54) is 16.7 Å². The van der Waals surface area contributed by atoms with Crippen molar-refractivity contribution in [2.24, 2.45) is 4.99 Å². The van der Waals surface area contributed by atoms with E-state index in [2.05, 4.69) is 54.6 Å². The molecule has 0 atom stereocenters. The topological polar surface area (TPSA) is 56.7 Å². The van der Waals surface area contributed by atoms with Crippen LogP contribution in [-0.2, 0) is 6.42 Å². The van der Waals surface area contributed by atoms with Gasteiger partial charge in [-0.15, -0.1) is 0 Å². The van der Waals surface area contributed by atoms with Gasteiger partial charge in [0.15, 0.2) is 5.96 Å². The van der Waals surface area contributed by atoms with Crippen molar-refractivity contribution < 1.29 is 5.11 Å². The predicted molar refractivity (Wildman–Crippen MR) is 97.0 cm³/mol. The molecule has 4 nitrogen and oxygen atoms in total. The van der Waals surface area contributed by atoms with E-state index in [1.807, 2.05) is 0 Å². The highest BCUT2D eigenvalue weighted by molar-refractivity contribution is 5.79. The number of hydrogen-bond acceptors (Lipinski definition) is 2. The standard InChI is InChI=1S/C19H31N3O/c1-4-20-18(22-14-19(23)8-5-6-9-19)21-10-7-17-12-15(2)11-16(3)13-17/h11-13,23H,4-10,14H2,1-3H3,(H2,20,21,22). The van der Waals surface area contributed by atoms with E-state index < -0.39 is 5.60 Å². The minimum Gasteiger partial charge on any atom is -0.388 e. The van der Waals surface area contributed by atoms with Gasteiger partial charge in [0.1, 0.15) is 0 Å². The fraction of sp³-hybridized carbons (Fsp3) is 0.632. The van der Waals surface area contributed by atoms with Gasteiger partial charge in [-0.25, -0.2) is 0 Å². The Bertz CT molecular complexity index is 513. The van der Waals surface area contributed by atoms with Gasteiger partial charge < -0.3 is 15.7 Å². The summed E-state index contributed by atoms with van der Waals surface area (Å²) in [6, 6.07) is 6.67. The zero-order valence-corrected chi connectivity index (χ0v) is 14.8. The smallest absolute Gasteiger partial charge is 0.191 e. The average Bonchev–Trinajstić information content (AvgIpc) is 2.91. The minimum absolute atomic E-state index is 0.492. The zero-order valence-electron chi connectivity index (χ0n) is 14.8. The fourth-order valence-corrected chi connectivity index (χ4v) is 3.30. The van der Waals surface area contributed by atoms with Gasteiger partial charge in [-0.2, -0.15) is 0 Å². The second-order valence-corrected chi connectivity index (χ2v) is 6.80. The molecule has 1 aliphatic carbocycles. The molecule has 0 bridgehead atoms. The van der Waals surface area contributed by atoms with Crippen LogP contribution in [0.25, 0.3) is 0 Å². The molecule has 1 fully saturated rings. The Balaban J connectivity index is 1.86. The normalized spacial score (nSPS) is 17.3. The molecule has 1 aromatic rings. The number of benzene rings is 1. The molecule has 0 spiro atoms. The molecule has 3 N–H and O–H groups in total. The van der Waals surface area contributed by atoms with Gasteiger partial charge in [-0.1, -0.05) is 42.2 Å². The summed E-state index contributed by atoms with van der Waals surface area (Å²) in [5.74, 6) is 0.803. The van der Waals surface area contributed by atoms with Crippen LogP contribution in [0.5, 0.6) is 0 Å².